The lowest BCUT2D eigenvalue weighted by atomic mass is 10.00. The van der Waals surface area contributed by atoms with Crippen LogP contribution in [-0.4, -0.2) is 15.0 Å². The van der Waals surface area contributed by atoms with E-state index in [0.29, 0.717) is 17.5 Å². The molecule has 0 spiro atoms. The Morgan fingerprint density at radius 2 is 0.720 bits per heavy atom. The predicted octanol–water partition coefficient (Wildman–Crippen LogP) is 12.0. The van der Waals surface area contributed by atoms with Gasteiger partial charge in [-0.25, -0.2) is 15.0 Å². The quantitative estimate of drug-likeness (QED) is 0.187. The average molecular weight is 642 g/mol. The van der Waals surface area contributed by atoms with Gasteiger partial charge in [0.2, 0.25) is 0 Å². The fraction of sp³-hybridized carbons (Fsp3) is 0. The zero-order chi connectivity index (χ0) is 33.0. The fourth-order valence-corrected chi connectivity index (χ4v) is 6.83. The molecule has 0 fully saturated rings. The minimum atomic E-state index is 0.616. The van der Waals surface area contributed by atoms with Crippen LogP contribution >= 0.6 is 0 Å². The Hall–Kier alpha value is -6.85. The molecule has 0 aliphatic rings. The lowest BCUT2D eigenvalue weighted by Gasteiger charge is -2.10. The van der Waals surface area contributed by atoms with Crippen molar-refractivity contribution in [1.29, 1.82) is 0 Å². The van der Waals surface area contributed by atoms with Crippen LogP contribution in [0.5, 0.6) is 0 Å². The van der Waals surface area contributed by atoms with Crippen molar-refractivity contribution in [3.63, 3.8) is 0 Å². The Bertz CT molecular complexity index is 2870. The van der Waals surface area contributed by atoms with Gasteiger partial charge in [0.1, 0.15) is 22.3 Å². The molecular weight excluding hydrogens is 615 g/mol. The molecule has 10 aromatic rings. The van der Waals surface area contributed by atoms with E-state index in [9.17, 15) is 0 Å². The molecule has 5 heteroatoms. The van der Waals surface area contributed by atoms with E-state index in [-0.39, 0.29) is 0 Å². The Balaban J connectivity index is 1.09. The van der Waals surface area contributed by atoms with E-state index in [1.54, 1.807) is 0 Å². The number of fused-ring (bicyclic) bond motifs is 6. The highest BCUT2D eigenvalue weighted by molar-refractivity contribution is 6.15. The maximum atomic E-state index is 6.30. The van der Waals surface area contributed by atoms with Crippen LogP contribution in [0.25, 0.3) is 100 Å². The Morgan fingerprint density at radius 3 is 1.40 bits per heavy atom. The van der Waals surface area contributed by atoms with Crippen molar-refractivity contribution < 1.29 is 8.83 Å². The van der Waals surface area contributed by atoms with Crippen LogP contribution in [0.15, 0.2) is 173 Å². The van der Waals surface area contributed by atoms with Crippen LogP contribution in [0.3, 0.4) is 0 Å². The van der Waals surface area contributed by atoms with Crippen molar-refractivity contribution in [2.75, 3.05) is 0 Å². The molecule has 234 valence electrons. The third-order valence-corrected chi connectivity index (χ3v) is 9.32. The maximum Gasteiger partial charge on any atom is 0.164 e. The normalized spacial score (nSPS) is 11.6. The zero-order valence-corrected chi connectivity index (χ0v) is 26.7. The van der Waals surface area contributed by atoms with Crippen LogP contribution < -0.4 is 0 Å². The number of aromatic nitrogens is 3. The Labute approximate surface area is 287 Å². The summed E-state index contributed by atoms with van der Waals surface area (Å²) in [4.78, 5) is 15.0. The first-order valence-corrected chi connectivity index (χ1v) is 16.6. The second-order valence-electron chi connectivity index (χ2n) is 12.5. The first kappa shape index (κ1) is 28.2. The highest BCUT2D eigenvalue weighted by atomic mass is 16.3. The number of hydrogen-bond donors (Lipinski definition) is 0. The average Bonchev–Trinajstić information content (AvgIpc) is 3.74. The van der Waals surface area contributed by atoms with Gasteiger partial charge >= 0.3 is 0 Å². The summed E-state index contributed by atoms with van der Waals surface area (Å²) in [6, 6.07) is 55.9. The smallest absolute Gasteiger partial charge is 0.164 e. The van der Waals surface area contributed by atoms with Crippen molar-refractivity contribution >= 4 is 43.9 Å². The van der Waals surface area contributed by atoms with Crippen molar-refractivity contribution in [3.8, 4) is 56.4 Å². The minimum absolute atomic E-state index is 0.616. The standard InChI is InChI=1S/C45H27N3O2/c1-3-11-28(12-4-1)30-15-9-17-33(23-30)44-46-43(29-13-5-2-6-14-29)47-45(48-44)34-18-10-16-31(24-34)32-21-22-40-36(25-32)38-26-37-35-19-7-8-20-39(35)49-41(37)27-42(38)50-40/h1-27H. The molecule has 0 aliphatic heterocycles. The summed E-state index contributed by atoms with van der Waals surface area (Å²) < 4.78 is 12.4. The monoisotopic (exact) mass is 641 g/mol. The molecule has 0 saturated heterocycles. The molecule has 3 heterocycles. The van der Waals surface area contributed by atoms with Crippen LogP contribution in [0.4, 0.5) is 0 Å². The van der Waals surface area contributed by atoms with Crippen LogP contribution in [0, 0.1) is 0 Å². The highest BCUT2D eigenvalue weighted by Gasteiger charge is 2.16. The molecule has 0 aliphatic carbocycles. The highest BCUT2D eigenvalue weighted by Crippen LogP contribution is 2.38. The summed E-state index contributed by atoms with van der Waals surface area (Å²) in [5.41, 5.74) is 10.5. The van der Waals surface area contributed by atoms with Gasteiger partial charge in [0, 0.05) is 44.3 Å². The Morgan fingerprint density at radius 1 is 0.260 bits per heavy atom. The summed E-state index contributed by atoms with van der Waals surface area (Å²) in [5.74, 6) is 1.87. The molecule has 0 bridgehead atoms. The fourth-order valence-electron chi connectivity index (χ4n) is 6.83. The molecule has 10 rings (SSSR count). The molecule has 50 heavy (non-hydrogen) atoms. The van der Waals surface area contributed by atoms with Gasteiger partial charge in [-0.15, -0.1) is 0 Å². The van der Waals surface area contributed by atoms with Gasteiger partial charge in [-0.3, -0.25) is 0 Å². The summed E-state index contributed by atoms with van der Waals surface area (Å²) in [5, 5.41) is 4.30. The molecule has 3 aromatic heterocycles. The number of benzene rings is 7. The van der Waals surface area contributed by atoms with E-state index in [2.05, 4.69) is 97.1 Å². The van der Waals surface area contributed by atoms with Crippen molar-refractivity contribution in [3.05, 3.63) is 164 Å². The number of rotatable bonds is 5. The lowest BCUT2D eigenvalue weighted by Crippen LogP contribution is -2.00. The summed E-state index contributed by atoms with van der Waals surface area (Å²) in [6.07, 6.45) is 0. The molecular formula is C45H27N3O2. The molecule has 0 amide bonds. The summed E-state index contributed by atoms with van der Waals surface area (Å²) >= 11 is 0. The molecule has 0 N–H and O–H groups in total. The van der Waals surface area contributed by atoms with E-state index in [0.717, 1.165) is 82.8 Å². The first-order valence-electron chi connectivity index (χ1n) is 16.6. The van der Waals surface area contributed by atoms with Crippen LogP contribution in [0.1, 0.15) is 0 Å². The summed E-state index contributed by atoms with van der Waals surface area (Å²) in [6.45, 7) is 0. The number of para-hydroxylation sites is 1. The first-order chi connectivity index (χ1) is 24.7. The van der Waals surface area contributed by atoms with Gasteiger partial charge in [0.15, 0.2) is 17.5 Å². The van der Waals surface area contributed by atoms with E-state index >= 15 is 0 Å². The molecule has 0 unspecified atom stereocenters. The van der Waals surface area contributed by atoms with Gasteiger partial charge in [-0.2, -0.15) is 0 Å². The van der Waals surface area contributed by atoms with Crippen molar-refractivity contribution in [2.45, 2.75) is 0 Å². The zero-order valence-electron chi connectivity index (χ0n) is 26.7. The second-order valence-corrected chi connectivity index (χ2v) is 12.5. The van der Waals surface area contributed by atoms with Gasteiger partial charge in [-0.05, 0) is 58.7 Å². The molecule has 5 nitrogen and oxygen atoms in total. The Kier molecular flexibility index (Phi) is 6.42. The van der Waals surface area contributed by atoms with Gasteiger partial charge < -0.3 is 8.83 Å². The third-order valence-electron chi connectivity index (χ3n) is 9.32. The molecule has 0 saturated carbocycles. The van der Waals surface area contributed by atoms with E-state index in [1.807, 2.05) is 66.7 Å². The topological polar surface area (TPSA) is 65.0 Å². The minimum Gasteiger partial charge on any atom is -0.456 e. The van der Waals surface area contributed by atoms with Gasteiger partial charge in [-0.1, -0.05) is 121 Å². The molecule has 7 aromatic carbocycles. The van der Waals surface area contributed by atoms with Gasteiger partial charge in [0.25, 0.3) is 0 Å². The summed E-state index contributed by atoms with van der Waals surface area (Å²) in [7, 11) is 0. The third kappa shape index (κ3) is 4.83. The number of hydrogen-bond acceptors (Lipinski definition) is 5. The van der Waals surface area contributed by atoms with E-state index in [1.165, 1.54) is 0 Å². The lowest BCUT2D eigenvalue weighted by molar-refractivity contribution is 0.656. The largest absolute Gasteiger partial charge is 0.456 e. The van der Waals surface area contributed by atoms with Crippen molar-refractivity contribution in [2.24, 2.45) is 0 Å². The van der Waals surface area contributed by atoms with Crippen LogP contribution in [-0.2, 0) is 0 Å². The second kappa shape index (κ2) is 11.4. The maximum absolute atomic E-state index is 6.30. The van der Waals surface area contributed by atoms with Crippen LogP contribution in [0.2, 0.25) is 0 Å². The molecule has 0 atom stereocenters. The van der Waals surface area contributed by atoms with Gasteiger partial charge in [0.05, 0.1) is 0 Å². The predicted molar refractivity (Wildman–Crippen MR) is 202 cm³/mol. The SMILES string of the molecule is c1ccc(-c2cccc(-c3nc(-c4ccccc4)nc(-c4cccc(-c5ccc6oc7cc8oc9ccccc9c8cc7c6c5)c4)n3)c2)cc1. The van der Waals surface area contributed by atoms with E-state index < -0.39 is 0 Å². The number of nitrogens with zero attached hydrogens (tertiary/aromatic N) is 3. The number of furan rings is 2. The van der Waals surface area contributed by atoms with Crippen molar-refractivity contribution in [1.82, 2.24) is 15.0 Å². The van der Waals surface area contributed by atoms with E-state index in [4.69, 9.17) is 23.8 Å². The molecule has 0 radical (unpaired) electrons.